The van der Waals surface area contributed by atoms with Crippen LogP contribution in [-0.2, 0) is 31.6 Å². The van der Waals surface area contributed by atoms with Crippen molar-refractivity contribution in [1.82, 2.24) is 14.7 Å². The second-order valence-corrected chi connectivity index (χ2v) is 14.1. The van der Waals surface area contributed by atoms with Crippen LogP contribution >= 0.6 is 0 Å². The maximum atomic E-state index is 13.8. The summed E-state index contributed by atoms with van der Waals surface area (Å²) in [4.78, 5) is 32.7. The fourth-order valence-corrected chi connectivity index (χ4v) is 7.68. The molecule has 2 aliphatic heterocycles. The van der Waals surface area contributed by atoms with Gasteiger partial charge in [-0.25, -0.2) is 17.9 Å². The molecule has 3 fully saturated rings. The maximum absolute atomic E-state index is 13.8. The first kappa shape index (κ1) is 32.3. The van der Waals surface area contributed by atoms with Gasteiger partial charge in [-0.1, -0.05) is 43.2 Å². The number of carbonyl (C=O) groups is 2. The lowest BCUT2D eigenvalue weighted by atomic mass is 9.83. The molecule has 5 rings (SSSR count). The van der Waals surface area contributed by atoms with E-state index in [0.717, 1.165) is 51.6 Å². The van der Waals surface area contributed by atoms with Gasteiger partial charge in [0.25, 0.3) is 0 Å². The second kappa shape index (κ2) is 13.5. The van der Waals surface area contributed by atoms with E-state index in [-0.39, 0.29) is 53.4 Å². The topological polar surface area (TPSA) is 124 Å². The van der Waals surface area contributed by atoms with Gasteiger partial charge in [-0.3, -0.25) is 9.59 Å². The van der Waals surface area contributed by atoms with Crippen LogP contribution in [0.5, 0.6) is 0 Å². The molecule has 44 heavy (non-hydrogen) atoms. The van der Waals surface area contributed by atoms with Gasteiger partial charge >= 0.3 is 0 Å². The Kier molecular flexibility index (Phi) is 9.89. The van der Waals surface area contributed by atoms with Gasteiger partial charge in [0.05, 0.1) is 17.9 Å². The van der Waals surface area contributed by atoms with E-state index in [0.29, 0.717) is 30.8 Å². The van der Waals surface area contributed by atoms with E-state index in [1.54, 1.807) is 30.3 Å². The van der Waals surface area contributed by atoms with Crippen LogP contribution in [0.2, 0.25) is 0 Å². The summed E-state index contributed by atoms with van der Waals surface area (Å²) in [6, 6.07) is 12.0. The molecule has 11 heteroatoms. The van der Waals surface area contributed by atoms with Crippen molar-refractivity contribution < 1.29 is 27.5 Å². The first-order chi connectivity index (χ1) is 21.0. The monoisotopic (exact) mass is 626 g/mol. The van der Waals surface area contributed by atoms with Gasteiger partial charge in [0.2, 0.25) is 21.8 Å². The number of β-amino-alcohol motifs (C(OH)–C–C–N with tert-alkyl or cyclic N) is 1. The van der Waals surface area contributed by atoms with Gasteiger partial charge in [-0.05, 0) is 61.1 Å². The number of aliphatic hydroxyl groups is 1. The number of nitrogens with zero attached hydrogens (tertiary/aromatic N) is 3. The lowest BCUT2D eigenvalue weighted by Gasteiger charge is -2.40. The molecular weight excluding hydrogens is 583 g/mol. The van der Waals surface area contributed by atoms with E-state index in [2.05, 4.69) is 11.5 Å². The van der Waals surface area contributed by atoms with Crippen molar-refractivity contribution in [2.24, 2.45) is 17.0 Å². The molecule has 0 bridgehead atoms. The van der Waals surface area contributed by atoms with Crippen molar-refractivity contribution in [2.45, 2.75) is 61.5 Å². The summed E-state index contributed by atoms with van der Waals surface area (Å²) < 4.78 is 36.9. The van der Waals surface area contributed by atoms with Crippen LogP contribution in [0, 0.1) is 17.7 Å². The summed E-state index contributed by atoms with van der Waals surface area (Å²) in [6.45, 7) is 6.93. The Morgan fingerprint density at radius 1 is 1.05 bits per heavy atom. The quantitative estimate of drug-likeness (QED) is 0.391. The normalized spacial score (nSPS) is 23.6. The molecule has 3 aliphatic rings. The van der Waals surface area contributed by atoms with Crippen LogP contribution in [0.3, 0.4) is 0 Å². The standard InChI is InChI=1S/C33H43FN4O5S/c1-2-17-38(31(39)20-24-7-13-30(14-8-24)44(35,42)43)29-15-18-36(19-16-29)21-27-22-37(32(40)25-5-3-4-6-25)23-33(27,41)26-9-11-28(34)12-10-26/h2,7-14,25,27,29,41H,1,3-6,15-23H2,(H2,35,42,43)/t27-,33-/m0/s1. The number of benzene rings is 2. The minimum Gasteiger partial charge on any atom is -0.383 e. The number of rotatable bonds is 10. The van der Waals surface area contributed by atoms with E-state index < -0.39 is 15.6 Å². The molecule has 2 amide bonds. The Bertz CT molecular complexity index is 1440. The number of carbonyl (C=O) groups excluding carboxylic acids is 2. The predicted octanol–water partition coefficient (Wildman–Crippen LogP) is 3.03. The smallest absolute Gasteiger partial charge is 0.238 e. The van der Waals surface area contributed by atoms with Gasteiger partial charge in [-0.2, -0.15) is 0 Å². The molecule has 2 atom stereocenters. The van der Waals surface area contributed by atoms with Crippen LogP contribution in [0.25, 0.3) is 0 Å². The number of hydrogen-bond donors (Lipinski definition) is 2. The van der Waals surface area contributed by atoms with Crippen molar-refractivity contribution in [3.63, 3.8) is 0 Å². The average molecular weight is 627 g/mol. The van der Waals surface area contributed by atoms with Gasteiger partial charge in [0.15, 0.2) is 0 Å². The highest BCUT2D eigenvalue weighted by Crippen LogP contribution is 2.40. The summed E-state index contributed by atoms with van der Waals surface area (Å²) in [5.41, 5.74) is 0.0508. The number of likely N-dealkylation sites (tertiary alicyclic amines) is 2. The Morgan fingerprint density at radius 3 is 2.27 bits per heavy atom. The van der Waals surface area contributed by atoms with Crippen molar-refractivity contribution >= 4 is 21.8 Å². The first-order valence-electron chi connectivity index (χ1n) is 15.5. The number of nitrogens with two attached hydrogens (primary N) is 1. The fourth-order valence-electron chi connectivity index (χ4n) is 7.17. The number of hydrogen-bond acceptors (Lipinski definition) is 6. The van der Waals surface area contributed by atoms with Crippen LogP contribution in [0.1, 0.15) is 49.7 Å². The lowest BCUT2D eigenvalue weighted by Crippen LogP contribution is -2.50. The molecule has 2 saturated heterocycles. The molecule has 0 spiro atoms. The van der Waals surface area contributed by atoms with Crippen molar-refractivity contribution in [1.29, 1.82) is 0 Å². The summed E-state index contributed by atoms with van der Waals surface area (Å²) in [5, 5.41) is 17.2. The van der Waals surface area contributed by atoms with Gasteiger partial charge in [-0.15, -0.1) is 6.58 Å². The predicted molar refractivity (Wildman–Crippen MR) is 165 cm³/mol. The first-order valence-corrected chi connectivity index (χ1v) is 17.0. The molecule has 1 aliphatic carbocycles. The van der Waals surface area contributed by atoms with Crippen LogP contribution in [0.15, 0.2) is 66.1 Å². The molecule has 238 valence electrons. The Labute approximate surface area is 259 Å². The van der Waals surface area contributed by atoms with Crippen LogP contribution < -0.4 is 5.14 Å². The fraction of sp³-hybridized carbons (Fsp3) is 0.515. The highest BCUT2D eigenvalue weighted by Gasteiger charge is 2.49. The van der Waals surface area contributed by atoms with Crippen molar-refractivity contribution in [2.75, 3.05) is 39.3 Å². The van der Waals surface area contributed by atoms with Gasteiger partial charge < -0.3 is 19.8 Å². The summed E-state index contributed by atoms with van der Waals surface area (Å²) in [6.07, 6.45) is 7.24. The molecule has 2 aromatic rings. The average Bonchev–Trinajstić information content (AvgIpc) is 3.65. The van der Waals surface area contributed by atoms with Crippen LogP contribution in [-0.4, -0.2) is 85.3 Å². The van der Waals surface area contributed by atoms with Crippen molar-refractivity contribution in [3.8, 4) is 0 Å². The number of halogens is 1. The minimum atomic E-state index is -3.80. The van der Waals surface area contributed by atoms with Crippen LogP contribution in [0.4, 0.5) is 4.39 Å². The second-order valence-electron chi connectivity index (χ2n) is 12.6. The largest absolute Gasteiger partial charge is 0.383 e. The van der Waals surface area contributed by atoms with E-state index in [4.69, 9.17) is 5.14 Å². The van der Waals surface area contributed by atoms with E-state index in [1.165, 1.54) is 24.3 Å². The summed E-state index contributed by atoms with van der Waals surface area (Å²) >= 11 is 0. The SMILES string of the molecule is C=CCN(C(=O)Cc1ccc(S(N)(=O)=O)cc1)C1CCN(C[C@H]2CN(C(=O)C3CCCC3)C[C@]2(O)c2ccc(F)cc2)CC1. The van der Waals surface area contributed by atoms with E-state index >= 15 is 0 Å². The highest BCUT2D eigenvalue weighted by atomic mass is 32.2. The lowest BCUT2D eigenvalue weighted by molar-refractivity contribution is -0.135. The molecule has 0 aromatic heterocycles. The third-order valence-corrected chi connectivity index (χ3v) is 10.6. The molecule has 9 nitrogen and oxygen atoms in total. The van der Waals surface area contributed by atoms with Crippen molar-refractivity contribution in [3.05, 3.63) is 78.1 Å². The molecule has 0 unspecified atom stereocenters. The van der Waals surface area contributed by atoms with Gasteiger partial charge in [0, 0.05) is 50.6 Å². The summed E-state index contributed by atoms with van der Waals surface area (Å²) in [5.74, 6) is -0.536. The molecule has 2 heterocycles. The number of piperidine rings is 1. The molecular formula is C33H43FN4O5S. The Morgan fingerprint density at radius 2 is 1.68 bits per heavy atom. The Hall–Kier alpha value is -3.12. The number of amides is 2. The minimum absolute atomic E-state index is 0.00336. The zero-order valence-corrected chi connectivity index (χ0v) is 25.9. The molecule has 0 radical (unpaired) electrons. The highest BCUT2D eigenvalue weighted by molar-refractivity contribution is 7.89. The van der Waals surface area contributed by atoms with E-state index in [1.807, 2.05) is 9.80 Å². The Balaban J connectivity index is 1.23. The molecule has 2 aromatic carbocycles. The van der Waals surface area contributed by atoms with Gasteiger partial charge in [0.1, 0.15) is 11.4 Å². The maximum Gasteiger partial charge on any atom is 0.238 e. The zero-order valence-electron chi connectivity index (χ0n) is 25.1. The number of primary sulfonamides is 1. The van der Waals surface area contributed by atoms with E-state index in [9.17, 15) is 27.5 Å². The number of sulfonamides is 1. The third-order valence-electron chi connectivity index (χ3n) is 9.64. The molecule has 3 N–H and O–H groups in total. The molecule has 1 saturated carbocycles. The third kappa shape index (κ3) is 7.22. The summed E-state index contributed by atoms with van der Waals surface area (Å²) in [7, 11) is -3.80. The zero-order chi connectivity index (χ0) is 31.5.